The number of nitrogens with one attached hydrogen (secondary N) is 1. The van der Waals surface area contributed by atoms with Gasteiger partial charge in [-0.05, 0) is 30.5 Å². The second-order valence-corrected chi connectivity index (χ2v) is 10.3. The fourth-order valence-corrected chi connectivity index (χ4v) is 3.48. The standard InChI is InChI=1S/C24H34Cl2N4O2/c1-7-8-9-23(32)29(14-16(2)3)15-22(31)27-21-13-20(24(4,5)6)28-30(21)17-10-11-18(25)19(26)12-17/h10-13,16H,7-9,14-15H2,1-6H3,(H,27,31). The highest BCUT2D eigenvalue weighted by Gasteiger charge is 2.23. The van der Waals surface area contributed by atoms with E-state index >= 15 is 0 Å². The van der Waals surface area contributed by atoms with Gasteiger partial charge in [-0.3, -0.25) is 9.59 Å². The summed E-state index contributed by atoms with van der Waals surface area (Å²) in [6.07, 6.45) is 2.20. The number of amides is 2. The van der Waals surface area contributed by atoms with E-state index in [1.165, 1.54) is 0 Å². The van der Waals surface area contributed by atoms with E-state index in [2.05, 4.69) is 26.1 Å². The summed E-state index contributed by atoms with van der Waals surface area (Å²) in [6.45, 7) is 12.8. The lowest BCUT2D eigenvalue weighted by Crippen LogP contribution is -2.40. The number of hydrogen-bond donors (Lipinski definition) is 1. The first-order valence-corrected chi connectivity index (χ1v) is 11.8. The minimum atomic E-state index is -0.267. The van der Waals surface area contributed by atoms with Crippen LogP contribution in [-0.4, -0.2) is 39.6 Å². The van der Waals surface area contributed by atoms with Crippen molar-refractivity contribution in [1.82, 2.24) is 14.7 Å². The van der Waals surface area contributed by atoms with E-state index in [0.29, 0.717) is 34.5 Å². The number of halogens is 2. The predicted octanol–water partition coefficient (Wildman–Crippen LogP) is 6.09. The van der Waals surface area contributed by atoms with Gasteiger partial charge in [0.15, 0.2) is 0 Å². The molecule has 2 rings (SSSR count). The van der Waals surface area contributed by atoms with Crippen LogP contribution in [0.4, 0.5) is 5.82 Å². The van der Waals surface area contributed by atoms with Crippen LogP contribution in [0.3, 0.4) is 0 Å². The Balaban J connectivity index is 2.31. The van der Waals surface area contributed by atoms with Crippen molar-refractivity contribution in [1.29, 1.82) is 0 Å². The van der Waals surface area contributed by atoms with Crippen LogP contribution in [0.2, 0.25) is 10.0 Å². The van der Waals surface area contributed by atoms with E-state index < -0.39 is 0 Å². The average Bonchev–Trinajstić information content (AvgIpc) is 3.11. The third kappa shape index (κ3) is 7.24. The van der Waals surface area contributed by atoms with Crippen LogP contribution in [0, 0.1) is 5.92 Å². The molecule has 2 amide bonds. The van der Waals surface area contributed by atoms with E-state index in [4.69, 9.17) is 28.3 Å². The lowest BCUT2D eigenvalue weighted by Gasteiger charge is -2.24. The van der Waals surface area contributed by atoms with Crippen LogP contribution in [0.1, 0.15) is 66.5 Å². The fourth-order valence-electron chi connectivity index (χ4n) is 3.19. The number of aromatic nitrogens is 2. The summed E-state index contributed by atoms with van der Waals surface area (Å²) in [6, 6.07) is 7.05. The van der Waals surface area contributed by atoms with Gasteiger partial charge in [0.25, 0.3) is 0 Å². The van der Waals surface area contributed by atoms with Gasteiger partial charge in [-0.2, -0.15) is 5.10 Å². The molecule has 32 heavy (non-hydrogen) atoms. The maximum atomic E-state index is 13.0. The first-order valence-electron chi connectivity index (χ1n) is 11.1. The molecule has 0 radical (unpaired) electrons. The molecule has 0 unspecified atom stereocenters. The molecule has 0 saturated heterocycles. The minimum Gasteiger partial charge on any atom is -0.333 e. The van der Waals surface area contributed by atoms with E-state index in [1.54, 1.807) is 27.8 Å². The third-order valence-electron chi connectivity index (χ3n) is 4.91. The van der Waals surface area contributed by atoms with Crippen LogP contribution < -0.4 is 5.32 Å². The lowest BCUT2D eigenvalue weighted by atomic mass is 9.92. The Morgan fingerprint density at radius 1 is 1.16 bits per heavy atom. The van der Waals surface area contributed by atoms with Gasteiger partial charge < -0.3 is 10.2 Å². The van der Waals surface area contributed by atoms with Crippen molar-refractivity contribution >= 4 is 40.8 Å². The van der Waals surface area contributed by atoms with Gasteiger partial charge in [0.1, 0.15) is 5.82 Å². The zero-order valence-corrected chi connectivity index (χ0v) is 21.3. The molecule has 8 heteroatoms. The molecule has 0 fully saturated rings. The fraction of sp³-hybridized carbons (Fsp3) is 0.542. The van der Waals surface area contributed by atoms with Crippen LogP contribution >= 0.6 is 23.2 Å². The number of carbonyl (C=O) groups excluding carboxylic acids is 2. The number of benzene rings is 1. The van der Waals surface area contributed by atoms with Crippen LogP contribution in [0.5, 0.6) is 0 Å². The van der Waals surface area contributed by atoms with Gasteiger partial charge in [-0.15, -0.1) is 0 Å². The summed E-state index contributed by atoms with van der Waals surface area (Å²) in [4.78, 5) is 27.2. The zero-order chi connectivity index (χ0) is 24.1. The lowest BCUT2D eigenvalue weighted by molar-refractivity contribution is -0.135. The molecule has 1 heterocycles. The summed E-state index contributed by atoms with van der Waals surface area (Å²) < 4.78 is 1.65. The molecular formula is C24H34Cl2N4O2. The highest BCUT2D eigenvalue weighted by atomic mass is 35.5. The molecule has 0 saturated carbocycles. The molecule has 0 bridgehead atoms. The minimum absolute atomic E-state index is 0.00185. The molecule has 0 aliphatic carbocycles. The molecule has 6 nitrogen and oxygen atoms in total. The Labute approximate surface area is 201 Å². The first kappa shape index (κ1) is 26.2. The SMILES string of the molecule is CCCCC(=O)N(CC(=O)Nc1cc(C(C)(C)C)nn1-c1ccc(Cl)c(Cl)c1)CC(C)C. The predicted molar refractivity (Wildman–Crippen MR) is 132 cm³/mol. The monoisotopic (exact) mass is 480 g/mol. The zero-order valence-electron chi connectivity index (χ0n) is 19.8. The molecule has 2 aromatic rings. The maximum Gasteiger partial charge on any atom is 0.245 e. The van der Waals surface area contributed by atoms with Crippen molar-refractivity contribution in [2.45, 2.75) is 66.2 Å². The number of anilines is 1. The van der Waals surface area contributed by atoms with Gasteiger partial charge in [0.05, 0.1) is 28.0 Å². The van der Waals surface area contributed by atoms with Gasteiger partial charge >= 0.3 is 0 Å². The van der Waals surface area contributed by atoms with Crippen molar-refractivity contribution in [3.05, 3.63) is 40.0 Å². The van der Waals surface area contributed by atoms with Gasteiger partial charge in [-0.1, -0.05) is 71.2 Å². The van der Waals surface area contributed by atoms with Gasteiger partial charge in [0, 0.05) is 24.4 Å². The van der Waals surface area contributed by atoms with Crippen molar-refractivity contribution in [2.24, 2.45) is 5.92 Å². The van der Waals surface area contributed by atoms with Crippen molar-refractivity contribution < 1.29 is 9.59 Å². The molecule has 176 valence electrons. The summed E-state index contributed by atoms with van der Waals surface area (Å²) in [5.74, 6) is 0.521. The van der Waals surface area contributed by atoms with E-state index in [-0.39, 0.29) is 29.7 Å². The molecular weight excluding hydrogens is 447 g/mol. The van der Waals surface area contributed by atoms with Crippen molar-refractivity contribution in [2.75, 3.05) is 18.4 Å². The Bertz CT molecular complexity index is 948. The van der Waals surface area contributed by atoms with E-state index in [9.17, 15) is 9.59 Å². The average molecular weight is 481 g/mol. The van der Waals surface area contributed by atoms with Crippen molar-refractivity contribution in [3.8, 4) is 5.69 Å². The second kappa shape index (κ2) is 11.2. The highest BCUT2D eigenvalue weighted by molar-refractivity contribution is 6.42. The van der Waals surface area contributed by atoms with Crippen molar-refractivity contribution in [3.63, 3.8) is 0 Å². The number of nitrogens with zero attached hydrogens (tertiary/aromatic N) is 3. The molecule has 0 aliphatic heterocycles. The molecule has 0 spiro atoms. The Morgan fingerprint density at radius 3 is 2.41 bits per heavy atom. The number of carbonyl (C=O) groups is 2. The van der Waals surface area contributed by atoms with Crippen LogP contribution in [-0.2, 0) is 15.0 Å². The first-order chi connectivity index (χ1) is 14.9. The number of rotatable bonds is 9. The summed E-state index contributed by atoms with van der Waals surface area (Å²) in [5, 5.41) is 8.49. The Morgan fingerprint density at radius 2 is 1.84 bits per heavy atom. The molecule has 0 atom stereocenters. The number of unbranched alkanes of at least 4 members (excludes halogenated alkanes) is 1. The van der Waals surface area contributed by atoms with Crippen LogP contribution in [0.25, 0.3) is 5.69 Å². The van der Waals surface area contributed by atoms with E-state index in [1.807, 2.05) is 26.8 Å². The third-order valence-corrected chi connectivity index (χ3v) is 5.65. The van der Waals surface area contributed by atoms with Crippen LogP contribution in [0.15, 0.2) is 24.3 Å². The molecule has 1 aromatic carbocycles. The largest absolute Gasteiger partial charge is 0.333 e. The topological polar surface area (TPSA) is 67.2 Å². The summed E-state index contributed by atoms with van der Waals surface area (Å²) in [5.41, 5.74) is 1.28. The normalized spacial score (nSPS) is 11.7. The number of hydrogen-bond acceptors (Lipinski definition) is 3. The molecule has 1 N–H and O–H groups in total. The summed E-state index contributed by atoms with van der Waals surface area (Å²) >= 11 is 12.3. The smallest absolute Gasteiger partial charge is 0.245 e. The maximum absolute atomic E-state index is 13.0. The molecule has 0 aliphatic rings. The molecule has 1 aromatic heterocycles. The summed E-state index contributed by atoms with van der Waals surface area (Å²) in [7, 11) is 0. The Kier molecular flexibility index (Phi) is 9.17. The van der Waals surface area contributed by atoms with Gasteiger partial charge in [-0.25, -0.2) is 4.68 Å². The highest BCUT2D eigenvalue weighted by Crippen LogP contribution is 2.29. The van der Waals surface area contributed by atoms with E-state index in [0.717, 1.165) is 18.5 Å². The Hall–Kier alpha value is -2.05. The van der Waals surface area contributed by atoms with Gasteiger partial charge in [0.2, 0.25) is 11.8 Å². The quantitative estimate of drug-likeness (QED) is 0.471. The second-order valence-electron chi connectivity index (χ2n) is 9.49.